The summed E-state index contributed by atoms with van der Waals surface area (Å²) in [7, 11) is 1.90. The average Bonchev–Trinajstić information content (AvgIpc) is 2.71. The Kier molecular flexibility index (Phi) is 4.86. The molecule has 0 saturated carbocycles. The summed E-state index contributed by atoms with van der Waals surface area (Å²) < 4.78 is 1.80. The lowest BCUT2D eigenvalue weighted by molar-refractivity contribution is 0.554. The lowest BCUT2D eigenvalue weighted by Gasteiger charge is -2.20. The first-order valence-electron chi connectivity index (χ1n) is 6.29. The lowest BCUT2D eigenvalue weighted by atomic mass is 10.0. The van der Waals surface area contributed by atoms with E-state index in [1.54, 1.807) is 10.9 Å². The van der Waals surface area contributed by atoms with Crippen molar-refractivity contribution >= 4 is 23.2 Å². The van der Waals surface area contributed by atoms with Crippen molar-refractivity contribution in [1.29, 1.82) is 0 Å². The van der Waals surface area contributed by atoms with Gasteiger partial charge < -0.3 is 5.32 Å². The standard InChI is InChI=1S/C14H17Cl2N3/c1-3-7-17-13(10-5-4-6-11(15)8-10)14-12(16)9-18-19(14)2/h4-6,8-9,13,17H,3,7H2,1-2H3. The summed E-state index contributed by atoms with van der Waals surface area (Å²) in [4.78, 5) is 0. The van der Waals surface area contributed by atoms with E-state index in [0.29, 0.717) is 5.02 Å². The maximum Gasteiger partial charge on any atom is 0.0837 e. The second-order valence-corrected chi connectivity index (χ2v) is 5.29. The van der Waals surface area contributed by atoms with Crippen molar-refractivity contribution in [3.63, 3.8) is 0 Å². The molecule has 0 spiro atoms. The Balaban J connectivity index is 2.41. The molecular formula is C14H17Cl2N3. The van der Waals surface area contributed by atoms with E-state index in [1.165, 1.54) is 0 Å². The predicted molar refractivity (Wildman–Crippen MR) is 79.8 cm³/mol. The van der Waals surface area contributed by atoms with Crippen LogP contribution in [0.25, 0.3) is 0 Å². The van der Waals surface area contributed by atoms with E-state index in [2.05, 4.69) is 17.3 Å². The topological polar surface area (TPSA) is 29.9 Å². The summed E-state index contributed by atoms with van der Waals surface area (Å²) >= 11 is 12.3. The summed E-state index contributed by atoms with van der Waals surface area (Å²) in [6.45, 7) is 3.03. The smallest absolute Gasteiger partial charge is 0.0837 e. The third-order valence-electron chi connectivity index (χ3n) is 2.99. The van der Waals surface area contributed by atoms with Crippen LogP contribution in [0, 0.1) is 0 Å². The molecule has 19 heavy (non-hydrogen) atoms. The van der Waals surface area contributed by atoms with Crippen LogP contribution in [0.3, 0.4) is 0 Å². The van der Waals surface area contributed by atoms with Crippen LogP contribution < -0.4 is 5.32 Å². The average molecular weight is 298 g/mol. The number of rotatable bonds is 5. The summed E-state index contributed by atoms with van der Waals surface area (Å²) in [5.41, 5.74) is 2.05. The van der Waals surface area contributed by atoms with Crippen molar-refractivity contribution in [2.45, 2.75) is 19.4 Å². The number of halogens is 2. The molecule has 1 N–H and O–H groups in total. The number of nitrogens with one attached hydrogen (secondary N) is 1. The highest BCUT2D eigenvalue weighted by atomic mass is 35.5. The Hall–Kier alpha value is -1.03. The van der Waals surface area contributed by atoms with E-state index in [-0.39, 0.29) is 6.04 Å². The van der Waals surface area contributed by atoms with E-state index in [1.807, 2.05) is 31.3 Å². The van der Waals surface area contributed by atoms with Crippen molar-refractivity contribution < 1.29 is 0 Å². The summed E-state index contributed by atoms with van der Waals surface area (Å²) in [5.74, 6) is 0. The van der Waals surface area contributed by atoms with Crippen LogP contribution in [0.1, 0.15) is 30.6 Å². The van der Waals surface area contributed by atoms with Crippen molar-refractivity contribution in [2.24, 2.45) is 7.05 Å². The van der Waals surface area contributed by atoms with Crippen LogP contribution in [-0.2, 0) is 7.05 Å². The molecule has 3 nitrogen and oxygen atoms in total. The second kappa shape index (κ2) is 6.42. The van der Waals surface area contributed by atoms with E-state index in [9.17, 15) is 0 Å². The van der Waals surface area contributed by atoms with Gasteiger partial charge >= 0.3 is 0 Å². The van der Waals surface area contributed by atoms with Gasteiger partial charge in [-0.25, -0.2) is 0 Å². The molecule has 2 rings (SSSR count). The molecule has 1 atom stereocenters. The molecule has 1 aromatic carbocycles. The summed E-state index contributed by atoms with van der Waals surface area (Å²) in [6.07, 6.45) is 2.72. The number of aromatic nitrogens is 2. The van der Waals surface area contributed by atoms with Crippen LogP contribution in [-0.4, -0.2) is 16.3 Å². The molecule has 0 fully saturated rings. The number of hydrogen-bond donors (Lipinski definition) is 1. The van der Waals surface area contributed by atoms with Gasteiger partial charge in [-0.2, -0.15) is 5.10 Å². The molecule has 1 heterocycles. The Morgan fingerprint density at radius 2 is 2.16 bits per heavy atom. The van der Waals surface area contributed by atoms with Gasteiger partial charge in [0.05, 0.1) is 23.0 Å². The van der Waals surface area contributed by atoms with Gasteiger partial charge in [-0.1, -0.05) is 42.3 Å². The van der Waals surface area contributed by atoms with Gasteiger partial charge in [-0.05, 0) is 30.7 Å². The Morgan fingerprint density at radius 3 is 2.74 bits per heavy atom. The van der Waals surface area contributed by atoms with Gasteiger partial charge in [-0.15, -0.1) is 0 Å². The van der Waals surface area contributed by atoms with Gasteiger partial charge in [0.2, 0.25) is 0 Å². The Labute approximate surface area is 123 Å². The van der Waals surface area contributed by atoms with Crippen molar-refractivity contribution in [3.05, 3.63) is 51.8 Å². The summed E-state index contributed by atoms with van der Waals surface area (Å²) in [6, 6.07) is 7.81. The van der Waals surface area contributed by atoms with Gasteiger partial charge in [-0.3, -0.25) is 4.68 Å². The van der Waals surface area contributed by atoms with Gasteiger partial charge in [0.1, 0.15) is 0 Å². The van der Waals surface area contributed by atoms with Crippen LogP contribution in [0.5, 0.6) is 0 Å². The van der Waals surface area contributed by atoms with Crippen molar-refractivity contribution in [1.82, 2.24) is 15.1 Å². The first-order chi connectivity index (χ1) is 9.13. The van der Waals surface area contributed by atoms with Crippen LogP contribution in [0.15, 0.2) is 30.5 Å². The zero-order valence-electron chi connectivity index (χ0n) is 11.0. The van der Waals surface area contributed by atoms with Gasteiger partial charge in [0.25, 0.3) is 0 Å². The van der Waals surface area contributed by atoms with Crippen molar-refractivity contribution in [2.75, 3.05) is 6.54 Å². The number of hydrogen-bond acceptors (Lipinski definition) is 2. The molecule has 1 unspecified atom stereocenters. The molecule has 0 saturated heterocycles. The molecule has 0 radical (unpaired) electrons. The molecule has 0 amide bonds. The lowest BCUT2D eigenvalue weighted by Crippen LogP contribution is -2.25. The number of nitrogens with zero attached hydrogens (tertiary/aromatic N) is 2. The molecule has 1 aromatic heterocycles. The highest BCUT2D eigenvalue weighted by Crippen LogP contribution is 2.29. The maximum atomic E-state index is 6.25. The highest BCUT2D eigenvalue weighted by Gasteiger charge is 2.20. The minimum atomic E-state index is -0.00125. The third-order valence-corrected chi connectivity index (χ3v) is 3.52. The SMILES string of the molecule is CCCNC(c1cccc(Cl)c1)c1c(Cl)cnn1C. The fourth-order valence-corrected chi connectivity index (χ4v) is 2.57. The molecule has 0 bridgehead atoms. The predicted octanol–water partition coefficient (Wildman–Crippen LogP) is 3.82. The quantitative estimate of drug-likeness (QED) is 0.909. The molecule has 102 valence electrons. The van der Waals surface area contributed by atoms with E-state index in [4.69, 9.17) is 23.2 Å². The van der Waals surface area contributed by atoms with Crippen LogP contribution >= 0.6 is 23.2 Å². The largest absolute Gasteiger partial charge is 0.305 e. The molecule has 0 aliphatic rings. The fraction of sp³-hybridized carbons (Fsp3) is 0.357. The summed E-state index contributed by atoms with van der Waals surface area (Å²) in [5, 5.41) is 9.08. The number of benzene rings is 1. The molecule has 0 aliphatic carbocycles. The first-order valence-corrected chi connectivity index (χ1v) is 7.05. The normalized spacial score (nSPS) is 12.6. The molecular weight excluding hydrogens is 281 g/mol. The fourth-order valence-electron chi connectivity index (χ4n) is 2.09. The Morgan fingerprint density at radius 1 is 1.37 bits per heavy atom. The van der Waals surface area contributed by atoms with Crippen molar-refractivity contribution in [3.8, 4) is 0 Å². The van der Waals surface area contributed by atoms with E-state index < -0.39 is 0 Å². The van der Waals surface area contributed by atoms with E-state index >= 15 is 0 Å². The van der Waals surface area contributed by atoms with Gasteiger partial charge in [0.15, 0.2) is 0 Å². The molecule has 5 heteroatoms. The zero-order valence-corrected chi connectivity index (χ0v) is 12.5. The molecule has 2 aromatic rings. The van der Waals surface area contributed by atoms with E-state index in [0.717, 1.165) is 29.2 Å². The van der Waals surface area contributed by atoms with Gasteiger partial charge in [0, 0.05) is 12.1 Å². The maximum absolute atomic E-state index is 6.25. The Bertz CT molecular complexity index is 532. The van der Waals surface area contributed by atoms with Crippen LogP contribution in [0.2, 0.25) is 10.0 Å². The minimum Gasteiger partial charge on any atom is -0.305 e. The molecule has 0 aliphatic heterocycles. The highest BCUT2D eigenvalue weighted by molar-refractivity contribution is 6.31. The monoisotopic (exact) mass is 297 g/mol. The zero-order chi connectivity index (χ0) is 13.8. The van der Waals surface area contributed by atoms with Crippen LogP contribution in [0.4, 0.5) is 0 Å². The third kappa shape index (κ3) is 3.30. The second-order valence-electron chi connectivity index (χ2n) is 4.44. The number of aryl methyl sites for hydroxylation is 1. The minimum absolute atomic E-state index is 0.00125. The first kappa shape index (κ1) is 14.4.